The van der Waals surface area contributed by atoms with Crippen LogP contribution in [0.15, 0.2) is 0 Å². The highest BCUT2D eigenvalue weighted by Gasteiger charge is 2.34. The van der Waals surface area contributed by atoms with Gasteiger partial charge in [-0.25, -0.2) is 4.79 Å². The SMILES string of the molecule is CCCCCCCOCC(C)(NCC)C(=O)OCC. The van der Waals surface area contributed by atoms with Crippen molar-refractivity contribution in [3.8, 4) is 0 Å². The molecule has 4 heteroatoms. The number of hydrogen-bond acceptors (Lipinski definition) is 4. The topological polar surface area (TPSA) is 47.6 Å². The Hall–Kier alpha value is -0.610. The Bertz CT molecular complexity index is 233. The van der Waals surface area contributed by atoms with Gasteiger partial charge in [0.25, 0.3) is 0 Å². The van der Waals surface area contributed by atoms with Crippen molar-refractivity contribution in [2.75, 3.05) is 26.4 Å². The highest BCUT2D eigenvalue weighted by molar-refractivity contribution is 5.80. The van der Waals surface area contributed by atoms with Crippen LogP contribution >= 0.6 is 0 Å². The number of hydrogen-bond donors (Lipinski definition) is 1. The lowest BCUT2D eigenvalue weighted by Crippen LogP contribution is -2.54. The zero-order chi connectivity index (χ0) is 14.6. The number of esters is 1. The molecule has 0 aromatic carbocycles. The summed E-state index contributed by atoms with van der Waals surface area (Å²) in [6.07, 6.45) is 6.07. The number of ether oxygens (including phenoxy) is 2. The van der Waals surface area contributed by atoms with E-state index in [4.69, 9.17) is 9.47 Å². The Labute approximate surface area is 118 Å². The number of unbranched alkanes of at least 4 members (excludes halogenated alkanes) is 4. The van der Waals surface area contributed by atoms with Gasteiger partial charge in [0, 0.05) is 6.61 Å². The summed E-state index contributed by atoms with van der Waals surface area (Å²) in [5.41, 5.74) is -0.728. The van der Waals surface area contributed by atoms with Gasteiger partial charge in [-0.05, 0) is 26.8 Å². The van der Waals surface area contributed by atoms with Crippen molar-refractivity contribution in [2.24, 2.45) is 0 Å². The van der Waals surface area contributed by atoms with Gasteiger partial charge < -0.3 is 14.8 Å². The van der Waals surface area contributed by atoms with Gasteiger partial charge >= 0.3 is 5.97 Å². The molecule has 0 saturated carbocycles. The number of nitrogens with one attached hydrogen (secondary N) is 1. The third-order valence-corrected chi connectivity index (χ3v) is 3.08. The molecule has 1 unspecified atom stereocenters. The van der Waals surface area contributed by atoms with Crippen molar-refractivity contribution in [3.05, 3.63) is 0 Å². The van der Waals surface area contributed by atoms with E-state index in [9.17, 15) is 4.79 Å². The number of likely N-dealkylation sites (N-methyl/N-ethyl adjacent to an activating group) is 1. The van der Waals surface area contributed by atoms with Crippen molar-refractivity contribution in [2.45, 2.75) is 65.3 Å². The average Bonchev–Trinajstić information content (AvgIpc) is 2.38. The largest absolute Gasteiger partial charge is 0.465 e. The summed E-state index contributed by atoms with van der Waals surface area (Å²) >= 11 is 0. The molecule has 0 bridgehead atoms. The molecule has 0 aromatic rings. The van der Waals surface area contributed by atoms with E-state index < -0.39 is 5.54 Å². The van der Waals surface area contributed by atoms with Crippen molar-refractivity contribution in [1.82, 2.24) is 5.32 Å². The van der Waals surface area contributed by atoms with E-state index in [1.165, 1.54) is 25.7 Å². The molecule has 1 atom stereocenters. The highest BCUT2D eigenvalue weighted by Crippen LogP contribution is 2.09. The van der Waals surface area contributed by atoms with Gasteiger partial charge in [-0.3, -0.25) is 0 Å². The first kappa shape index (κ1) is 18.4. The van der Waals surface area contributed by atoms with E-state index in [1.54, 1.807) is 0 Å². The first-order valence-corrected chi connectivity index (χ1v) is 7.60. The molecule has 4 nitrogen and oxygen atoms in total. The van der Waals surface area contributed by atoms with Crippen molar-refractivity contribution < 1.29 is 14.3 Å². The molecule has 0 aliphatic carbocycles. The Kier molecular flexibility index (Phi) is 10.9. The fourth-order valence-electron chi connectivity index (χ4n) is 1.95. The fraction of sp³-hybridized carbons (Fsp3) is 0.933. The maximum Gasteiger partial charge on any atom is 0.328 e. The quantitative estimate of drug-likeness (QED) is 0.439. The molecule has 1 N–H and O–H groups in total. The molecule has 0 saturated heterocycles. The summed E-state index contributed by atoms with van der Waals surface area (Å²) < 4.78 is 10.7. The van der Waals surface area contributed by atoms with E-state index in [0.29, 0.717) is 19.8 Å². The van der Waals surface area contributed by atoms with E-state index in [-0.39, 0.29) is 5.97 Å². The monoisotopic (exact) mass is 273 g/mol. The van der Waals surface area contributed by atoms with Crippen LogP contribution in [0.25, 0.3) is 0 Å². The van der Waals surface area contributed by atoms with Gasteiger partial charge in [0.05, 0.1) is 13.2 Å². The standard InChI is InChI=1S/C15H31NO3/c1-5-8-9-10-11-12-18-13-15(4,16-6-2)14(17)19-7-3/h16H,5-13H2,1-4H3. The van der Waals surface area contributed by atoms with Crippen LogP contribution in [0.2, 0.25) is 0 Å². The van der Waals surface area contributed by atoms with E-state index in [1.807, 2.05) is 20.8 Å². The summed E-state index contributed by atoms with van der Waals surface area (Å²) in [6.45, 7) is 10.0. The Morgan fingerprint density at radius 3 is 2.37 bits per heavy atom. The van der Waals surface area contributed by atoms with Crippen LogP contribution in [0.1, 0.15) is 59.8 Å². The predicted octanol–water partition coefficient (Wildman–Crippen LogP) is 2.90. The van der Waals surface area contributed by atoms with Crippen LogP contribution in [-0.2, 0) is 14.3 Å². The van der Waals surface area contributed by atoms with Crippen LogP contribution in [0.5, 0.6) is 0 Å². The summed E-state index contributed by atoms with van der Waals surface area (Å²) in [4.78, 5) is 11.9. The maximum atomic E-state index is 11.9. The van der Waals surface area contributed by atoms with Crippen LogP contribution in [0, 0.1) is 0 Å². The summed E-state index contributed by atoms with van der Waals surface area (Å²) in [6, 6.07) is 0. The lowest BCUT2D eigenvalue weighted by atomic mass is 10.0. The first-order valence-electron chi connectivity index (χ1n) is 7.60. The second-order valence-corrected chi connectivity index (χ2v) is 5.05. The molecule has 19 heavy (non-hydrogen) atoms. The molecule has 0 aliphatic heterocycles. The molecule has 0 rings (SSSR count). The van der Waals surface area contributed by atoms with E-state index in [2.05, 4.69) is 12.2 Å². The van der Waals surface area contributed by atoms with Crippen molar-refractivity contribution in [1.29, 1.82) is 0 Å². The first-order chi connectivity index (χ1) is 9.10. The number of rotatable bonds is 12. The molecule has 0 fully saturated rings. The van der Waals surface area contributed by atoms with Gasteiger partial charge in [0.2, 0.25) is 0 Å². The smallest absolute Gasteiger partial charge is 0.328 e. The van der Waals surface area contributed by atoms with Crippen LogP contribution in [-0.4, -0.2) is 37.9 Å². The highest BCUT2D eigenvalue weighted by atomic mass is 16.5. The molecular weight excluding hydrogens is 242 g/mol. The van der Waals surface area contributed by atoms with Crippen LogP contribution < -0.4 is 5.32 Å². The number of carbonyl (C=O) groups is 1. The second-order valence-electron chi connectivity index (χ2n) is 5.05. The fourth-order valence-corrected chi connectivity index (χ4v) is 1.95. The molecule has 0 radical (unpaired) electrons. The van der Waals surface area contributed by atoms with Crippen molar-refractivity contribution >= 4 is 5.97 Å². The minimum Gasteiger partial charge on any atom is -0.465 e. The predicted molar refractivity (Wildman–Crippen MR) is 78.3 cm³/mol. The molecule has 114 valence electrons. The van der Waals surface area contributed by atoms with E-state index >= 15 is 0 Å². The molecule has 0 heterocycles. The minimum absolute atomic E-state index is 0.233. The van der Waals surface area contributed by atoms with Gasteiger partial charge in [-0.15, -0.1) is 0 Å². The minimum atomic E-state index is -0.728. The van der Waals surface area contributed by atoms with Gasteiger partial charge in [0.1, 0.15) is 5.54 Å². The summed E-state index contributed by atoms with van der Waals surface area (Å²) in [5.74, 6) is -0.233. The van der Waals surface area contributed by atoms with Crippen LogP contribution in [0.4, 0.5) is 0 Å². The lowest BCUT2D eigenvalue weighted by molar-refractivity contribution is -0.153. The zero-order valence-corrected chi connectivity index (χ0v) is 13.1. The number of carbonyl (C=O) groups excluding carboxylic acids is 1. The third-order valence-electron chi connectivity index (χ3n) is 3.08. The van der Waals surface area contributed by atoms with Gasteiger partial charge in [-0.1, -0.05) is 39.5 Å². The molecule has 0 amide bonds. The molecular formula is C15H31NO3. The Morgan fingerprint density at radius 1 is 1.11 bits per heavy atom. The summed E-state index contributed by atoms with van der Waals surface area (Å²) in [7, 11) is 0. The zero-order valence-electron chi connectivity index (χ0n) is 13.1. The lowest BCUT2D eigenvalue weighted by Gasteiger charge is -2.27. The van der Waals surface area contributed by atoms with E-state index in [0.717, 1.165) is 13.0 Å². The normalized spacial score (nSPS) is 14.1. The molecule has 0 aromatic heterocycles. The average molecular weight is 273 g/mol. The third kappa shape index (κ3) is 8.22. The Morgan fingerprint density at radius 2 is 1.79 bits per heavy atom. The molecule has 0 spiro atoms. The summed E-state index contributed by atoms with van der Waals surface area (Å²) in [5, 5.41) is 3.16. The van der Waals surface area contributed by atoms with Gasteiger partial charge in [-0.2, -0.15) is 0 Å². The second kappa shape index (κ2) is 11.2. The van der Waals surface area contributed by atoms with Gasteiger partial charge in [0.15, 0.2) is 0 Å². The Balaban J connectivity index is 3.90. The van der Waals surface area contributed by atoms with Crippen LogP contribution in [0.3, 0.4) is 0 Å². The maximum absolute atomic E-state index is 11.9. The van der Waals surface area contributed by atoms with Crippen molar-refractivity contribution in [3.63, 3.8) is 0 Å². The molecule has 0 aliphatic rings.